The summed E-state index contributed by atoms with van der Waals surface area (Å²) in [6.45, 7) is 2.22. The Kier molecular flexibility index (Phi) is 2.70. The molecule has 17 heavy (non-hydrogen) atoms. The van der Waals surface area contributed by atoms with Crippen LogP contribution in [0.15, 0.2) is 28.3 Å². The minimum Gasteiger partial charge on any atom is -0.293 e. The van der Waals surface area contributed by atoms with E-state index in [-0.39, 0.29) is 10.7 Å². The second-order valence-electron chi connectivity index (χ2n) is 3.62. The SMILES string of the molecule is CCn1c(=O)ccc2cnc(S(C)(=O)=O)nc21. The van der Waals surface area contributed by atoms with Crippen LogP contribution in [0.2, 0.25) is 0 Å². The van der Waals surface area contributed by atoms with Gasteiger partial charge in [0.15, 0.2) is 0 Å². The molecule has 0 N–H and O–H groups in total. The van der Waals surface area contributed by atoms with E-state index < -0.39 is 9.84 Å². The number of aryl methyl sites for hydroxylation is 1. The fraction of sp³-hybridized carbons (Fsp3) is 0.300. The van der Waals surface area contributed by atoms with Crippen LogP contribution in [0.25, 0.3) is 11.0 Å². The summed E-state index contributed by atoms with van der Waals surface area (Å²) in [4.78, 5) is 19.3. The fourth-order valence-electron chi connectivity index (χ4n) is 1.54. The summed E-state index contributed by atoms with van der Waals surface area (Å²) in [6, 6.07) is 2.99. The number of hydrogen-bond acceptors (Lipinski definition) is 5. The number of fused-ring (bicyclic) bond motifs is 1. The Bertz CT molecular complexity index is 734. The molecule has 0 unspecified atom stereocenters. The number of sulfone groups is 1. The van der Waals surface area contributed by atoms with Crippen LogP contribution in [0.5, 0.6) is 0 Å². The molecule has 7 heteroatoms. The Hall–Kier alpha value is -1.76. The van der Waals surface area contributed by atoms with Gasteiger partial charge in [0, 0.05) is 30.4 Å². The summed E-state index contributed by atoms with van der Waals surface area (Å²) in [5.41, 5.74) is 0.133. The van der Waals surface area contributed by atoms with E-state index in [0.29, 0.717) is 17.6 Å². The first-order valence-electron chi connectivity index (χ1n) is 5.00. The molecule has 0 aromatic carbocycles. The van der Waals surface area contributed by atoms with Crippen molar-refractivity contribution in [3.63, 3.8) is 0 Å². The third kappa shape index (κ3) is 2.05. The van der Waals surface area contributed by atoms with Gasteiger partial charge in [0.2, 0.25) is 15.0 Å². The maximum absolute atomic E-state index is 11.6. The number of rotatable bonds is 2. The largest absolute Gasteiger partial charge is 0.293 e. The average Bonchev–Trinajstić information content (AvgIpc) is 2.27. The van der Waals surface area contributed by atoms with Crippen molar-refractivity contribution in [3.8, 4) is 0 Å². The molecular weight excluding hydrogens is 242 g/mol. The Morgan fingerprint density at radius 2 is 2.06 bits per heavy atom. The maximum atomic E-state index is 11.6. The predicted octanol–water partition coefficient (Wildman–Crippen LogP) is 0.215. The molecule has 0 spiro atoms. The van der Waals surface area contributed by atoms with Crippen LogP contribution in [-0.2, 0) is 16.4 Å². The standard InChI is InChI=1S/C10H11N3O3S/c1-3-13-8(14)5-4-7-6-11-10(12-9(7)13)17(2,15)16/h4-6H,3H2,1-2H3. The van der Waals surface area contributed by atoms with E-state index in [2.05, 4.69) is 9.97 Å². The lowest BCUT2D eigenvalue weighted by Gasteiger charge is -2.06. The van der Waals surface area contributed by atoms with Crippen molar-refractivity contribution in [1.29, 1.82) is 0 Å². The van der Waals surface area contributed by atoms with Crippen LogP contribution in [0.3, 0.4) is 0 Å². The quantitative estimate of drug-likeness (QED) is 0.715. The van der Waals surface area contributed by atoms with Gasteiger partial charge < -0.3 is 0 Å². The second kappa shape index (κ2) is 3.92. The Labute approximate surface area is 97.9 Å². The summed E-state index contributed by atoms with van der Waals surface area (Å²) < 4.78 is 24.1. The lowest BCUT2D eigenvalue weighted by molar-refractivity contribution is 0.593. The monoisotopic (exact) mass is 253 g/mol. The van der Waals surface area contributed by atoms with Crippen LogP contribution >= 0.6 is 0 Å². The summed E-state index contributed by atoms with van der Waals surface area (Å²) >= 11 is 0. The molecule has 0 fully saturated rings. The first-order valence-corrected chi connectivity index (χ1v) is 6.89. The average molecular weight is 253 g/mol. The van der Waals surface area contributed by atoms with Crippen LogP contribution in [0.4, 0.5) is 0 Å². The molecule has 0 aliphatic carbocycles. The minimum atomic E-state index is -3.47. The Morgan fingerprint density at radius 1 is 1.35 bits per heavy atom. The zero-order valence-electron chi connectivity index (χ0n) is 9.41. The highest BCUT2D eigenvalue weighted by Crippen LogP contribution is 2.10. The zero-order chi connectivity index (χ0) is 12.6. The molecule has 6 nitrogen and oxygen atoms in total. The topological polar surface area (TPSA) is 81.9 Å². The van der Waals surface area contributed by atoms with Gasteiger partial charge in [-0.2, -0.15) is 4.98 Å². The van der Waals surface area contributed by atoms with Crippen molar-refractivity contribution in [2.45, 2.75) is 18.6 Å². The van der Waals surface area contributed by atoms with E-state index >= 15 is 0 Å². The molecule has 90 valence electrons. The van der Waals surface area contributed by atoms with Crippen LogP contribution < -0.4 is 5.56 Å². The summed E-state index contributed by atoms with van der Waals surface area (Å²) in [5.74, 6) is 0. The van der Waals surface area contributed by atoms with E-state index in [9.17, 15) is 13.2 Å². The molecule has 0 atom stereocenters. The van der Waals surface area contributed by atoms with Crippen molar-refractivity contribution < 1.29 is 8.42 Å². The molecule has 0 saturated carbocycles. The highest BCUT2D eigenvalue weighted by Gasteiger charge is 2.13. The van der Waals surface area contributed by atoms with Gasteiger partial charge in [-0.25, -0.2) is 13.4 Å². The maximum Gasteiger partial charge on any atom is 0.252 e. The number of nitrogens with zero attached hydrogens (tertiary/aromatic N) is 3. The first kappa shape index (κ1) is 11.7. The molecular formula is C10H11N3O3S. The van der Waals surface area contributed by atoms with Gasteiger partial charge in [0.05, 0.1) is 0 Å². The number of hydrogen-bond donors (Lipinski definition) is 0. The molecule has 0 bridgehead atoms. The third-order valence-electron chi connectivity index (χ3n) is 2.35. The highest BCUT2D eigenvalue weighted by atomic mass is 32.2. The zero-order valence-corrected chi connectivity index (χ0v) is 10.2. The smallest absolute Gasteiger partial charge is 0.252 e. The fourth-order valence-corrected chi connectivity index (χ4v) is 2.04. The van der Waals surface area contributed by atoms with E-state index in [0.717, 1.165) is 6.26 Å². The molecule has 2 rings (SSSR count). The summed E-state index contributed by atoms with van der Waals surface area (Å²) in [5, 5.41) is 0.372. The highest BCUT2D eigenvalue weighted by molar-refractivity contribution is 7.90. The molecule has 2 aromatic rings. The summed E-state index contributed by atoms with van der Waals surface area (Å²) in [6.07, 6.45) is 2.44. The number of pyridine rings is 1. The van der Waals surface area contributed by atoms with Crippen molar-refractivity contribution >= 4 is 20.9 Å². The van der Waals surface area contributed by atoms with E-state index in [1.165, 1.54) is 16.8 Å². The summed E-state index contributed by atoms with van der Waals surface area (Å²) in [7, 11) is -3.47. The Morgan fingerprint density at radius 3 is 2.65 bits per heavy atom. The van der Waals surface area contributed by atoms with Crippen molar-refractivity contribution in [3.05, 3.63) is 28.7 Å². The molecule has 2 aromatic heterocycles. The van der Waals surface area contributed by atoms with Crippen LogP contribution in [0, 0.1) is 0 Å². The van der Waals surface area contributed by atoms with Gasteiger partial charge in [-0.1, -0.05) is 0 Å². The molecule has 0 aliphatic heterocycles. The Balaban J connectivity index is 2.89. The van der Waals surface area contributed by atoms with Crippen LogP contribution in [-0.4, -0.2) is 29.2 Å². The molecule has 0 amide bonds. The molecule has 0 aliphatic rings. The van der Waals surface area contributed by atoms with E-state index in [1.54, 1.807) is 13.0 Å². The van der Waals surface area contributed by atoms with Gasteiger partial charge in [-0.3, -0.25) is 9.36 Å². The molecule has 2 heterocycles. The van der Waals surface area contributed by atoms with Gasteiger partial charge in [0.1, 0.15) is 5.65 Å². The van der Waals surface area contributed by atoms with Crippen LogP contribution in [0.1, 0.15) is 6.92 Å². The van der Waals surface area contributed by atoms with E-state index in [1.807, 2.05) is 0 Å². The second-order valence-corrected chi connectivity index (χ2v) is 5.53. The van der Waals surface area contributed by atoms with Gasteiger partial charge >= 0.3 is 0 Å². The van der Waals surface area contributed by atoms with Gasteiger partial charge in [-0.15, -0.1) is 0 Å². The minimum absolute atomic E-state index is 0.210. The molecule has 0 saturated heterocycles. The van der Waals surface area contributed by atoms with Crippen molar-refractivity contribution in [1.82, 2.24) is 14.5 Å². The van der Waals surface area contributed by atoms with E-state index in [4.69, 9.17) is 0 Å². The van der Waals surface area contributed by atoms with Crippen molar-refractivity contribution in [2.75, 3.05) is 6.26 Å². The van der Waals surface area contributed by atoms with Gasteiger partial charge in [-0.05, 0) is 13.0 Å². The van der Waals surface area contributed by atoms with Gasteiger partial charge in [0.25, 0.3) is 5.56 Å². The van der Waals surface area contributed by atoms with Crippen molar-refractivity contribution in [2.24, 2.45) is 0 Å². The third-order valence-corrected chi connectivity index (χ3v) is 3.21. The first-order chi connectivity index (χ1) is 7.93. The normalized spacial score (nSPS) is 11.9. The lowest BCUT2D eigenvalue weighted by Crippen LogP contribution is -2.20. The lowest BCUT2D eigenvalue weighted by atomic mass is 10.3. The number of aromatic nitrogens is 3. The predicted molar refractivity (Wildman–Crippen MR) is 62.6 cm³/mol. The molecule has 0 radical (unpaired) electrons.